The molecule has 1 aromatic rings. The lowest BCUT2D eigenvalue weighted by Crippen LogP contribution is -2.53. The number of nitrogens with one attached hydrogen (secondary N) is 1. The van der Waals surface area contributed by atoms with Crippen LogP contribution in [-0.4, -0.2) is 29.8 Å². The summed E-state index contributed by atoms with van der Waals surface area (Å²) in [6.45, 7) is 1.57. The lowest BCUT2D eigenvalue weighted by Gasteiger charge is -2.26. The SMILES string of the molecule is C[C@@H]1OC(=O)[C@@H](CCSc2ccccc2)NC1=O. The number of cyclic esters (lactones) is 1. The number of hydrogen-bond acceptors (Lipinski definition) is 4. The van der Waals surface area contributed by atoms with Gasteiger partial charge in [-0.15, -0.1) is 11.8 Å². The predicted octanol–water partition coefficient (Wildman–Crippen LogP) is 1.60. The van der Waals surface area contributed by atoms with Crippen LogP contribution in [-0.2, 0) is 14.3 Å². The van der Waals surface area contributed by atoms with E-state index in [1.54, 1.807) is 18.7 Å². The molecule has 0 aliphatic carbocycles. The summed E-state index contributed by atoms with van der Waals surface area (Å²) < 4.78 is 4.95. The molecule has 96 valence electrons. The van der Waals surface area contributed by atoms with Crippen molar-refractivity contribution < 1.29 is 14.3 Å². The van der Waals surface area contributed by atoms with Gasteiger partial charge in [-0.25, -0.2) is 4.79 Å². The Morgan fingerprint density at radius 2 is 2.00 bits per heavy atom. The average molecular weight is 265 g/mol. The van der Waals surface area contributed by atoms with E-state index in [9.17, 15) is 9.59 Å². The molecular formula is C13H15NO3S. The van der Waals surface area contributed by atoms with Gasteiger partial charge in [-0.2, -0.15) is 0 Å². The van der Waals surface area contributed by atoms with E-state index in [1.807, 2.05) is 30.3 Å². The second-order valence-corrected chi connectivity index (χ2v) is 5.26. The maximum Gasteiger partial charge on any atom is 0.329 e. The van der Waals surface area contributed by atoms with Crippen LogP contribution in [0.15, 0.2) is 35.2 Å². The van der Waals surface area contributed by atoms with E-state index in [-0.39, 0.29) is 11.9 Å². The summed E-state index contributed by atoms with van der Waals surface area (Å²) in [7, 11) is 0. The molecule has 18 heavy (non-hydrogen) atoms. The number of morpholine rings is 1. The maximum atomic E-state index is 11.5. The third kappa shape index (κ3) is 3.26. The largest absolute Gasteiger partial charge is 0.451 e. The van der Waals surface area contributed by atoms with Crippen molar-refractivity contribution in [1.82, 2.24) is 5.32 Å². The van der Waals surface area contributed by atoms with E-state index in [0.29, 0.717) is 6.42 Å². The van der Waals surface area contributed by atoms with Crippen molar-refractivity contribution in [2.24, 2.45) is 0 Å². The highest BCUT2D eigenvalue weighted by Gasteiger charge is 2.32. The zero-order chi connectivity index (χ0) is 13.0. The molecule has 2 atom stereocenters. The minimum Gasteiger partial charge on any atom is -0.451 e. The molecule has 0 saturated carbocycles. The van der Waals surface area contributed by atoms with E-state index in [4.69, 9.17) is 4.74 Å². The second-order valence-electron chi connectivity index (χ2n) is 4.09. The van der Waals surface area contributed by atoms with Crippen molar-refractivity contribution in [1.29, 1.82) is 0 Å². The first kappa shape index (κ1) is 13.0. The number of thioether (sulfide) groups is 1. The first-order valence-corrected chi connectivity index (χ1v) is 6.84. The number of rotatable bonds is 4. The zero-order valence-corrected chi connectivity index (χ0v) is 10.9. The van der Waals surface area contributed by atoms with Crippen molar-refractivity contribution in [2.75, 3.05) is 5.75 Å². The molecule has 0 radical (unpaired) electrons. The summed E-state index contributed by atoms with van der Waals surface area (Å²) in [6.07, 6.45) is -0.0906. The second kappa shape index (κ2) is 5.91. The highest BCUT2D eigenvalue weighted by Crippen LogP contribution is 2.19. The molecule has 5 heteroatoms. The topological polar surface area (TPSA) is 55.4 Å². The fraction of sp³-hybridized carbons (Fsp3) is 0.385. The molecule has 0 spiro atoms. The molecule has 0 unspecified atom stereocenters. The first-order valence-electron chi connectivity index (χ1n) is 5.85. The van der Waals surface area contributed by atoms with Gasteiger partial charge >= 0.3 is 5.97 Å². The maximum absolute atomic E-state index is 11.5. The normalized spacial score (nSPS) is 23.4. The molecule has 1 amide bonds. The summed E-state index contributed by atoms with van der Waals surface area (Å²) in [6, 6.07) is 9.44. The standard InChI is InChI=1S/C13H15NO3S/c1-9-12(15)14-11(13(16)17-9)7-8-18-10-5-3-2-4-6-10/h2-6,9,11H,7-8H2,1H3,(H,14,15)/t9-,11+/m0/s1. The van der Waals surface area contributed by atoms with Gasteiger partial charge in [0.25, 0.3) is 5.91 Å². The molecule has 1 aliphatic rings. The average Bonchev–Trinajstić information content (AvgIpc) is 2.37. The Bertz CT molecular complexity index is 435. The van der Waals surface area contributed by atoms with Crippen LogP contribution in [0, 0.1) is 0 Å². The van der Waals surface area contributed by atoms with Gasteiger partial charge in [-0.1, -0.05) is 18.2 Å². The number of esters is 1. The van der Waals surface area contributed by atoms with Crippen LogP contribution < -0.4 is 5.32 Å². The minimum absolute atomic E-state index is 0.218. The first-order chi connectivity index (χ1) is 8.66. The minimum atomic E-state index is -0.671. The zero-order valence-electron chi connectivity index (χ0n) is 10.1. The molecule has 0 aromatic heterocycles. The number of carbonyl (C=O) groups excluding carboxylic acids is 2. The van der Waals surface area contributed by atoms with Crippen molar-refractivity contribution >= 4 is 23.6 Å². The molecule has 1 fully saturated rings. The van der Waals surface area contributed by atoms with Gasteiger partial charge < -0.3 is 10.1 Å². The molecule has 2 rings (SSSR count). The van der Waals surface area contributed by atoms with Crippen LogP contribution in [0.5, 0.6) is 0 Å². The van der Waals surface area contributed by atoms with Crippen LogP contribution in [0.25, 0.3) is 0 Å². The lowest BCUT2D eigenvalue weighted by molar-refractivity contribution is -0.164. The van der Waals surface area contributed by atoms with E-state index in [1.165, 1.54) is 0 Å². The number of ether oxygens (including phenoxy) is 1. The Kier molecular flexibility index (Phi) is 4.25. The third-order valence-electron chi connectivity index (χ3n) is 2.68. The Morgan fingerprint density at radius 3 is 2.72 bits per heavy atom. The van der Waals surface area contributed by atoms with Gasteiger partial charge in [-0.05, 0) is 25.5 Å². The fourth-order valence-corrected chi connectivity index (χ4v) is 2.60. The number of carbonyl (C=O) groups is 2. The molecule has 1 saturated heterocycles. The lowest BCUT2D eigenvalue weighted by atomic mass is 10.2. The highest BCUT2D eigenvalue weighted by atomic mass is 32.2. The number of hydrogen-bond donors (Lipinski definition) is 1. The summed E-state index contributed by atoms with van der Waals surface area (Å²) in [5.41, 5.74) is 0. The molecule has 1 N–H and O–H groups in total. The van der Waals surface area contributed by atoms with Crippen LogP contribution in [0.4, 0.5) is 0 Å². The van der Waals surface area contributed by atoms with Crippen molar-refractivity contribution in [3.05, 3.63) is 30.3 Å². The smallest absolute Gasteiger partial charge is 0.329 e. The highest BCUT2D eigenvalue weighted by molar-refractivity contribution is 7.99. The summed E-state index contributed by atoms with van der Waals surface area (Å²) >= 11 is 1.66. The van der Waals surface area contributed by atoms with Crippen molar-refractivity contribution in [3.63, 3.8) is 0 Å². The monoisotopic (exact) mass is 265 g/mol. The van der Waals surface area contributed by atoms with Gasteiger partial charge in [0.1, 0.15) is 6.04 Å². The molecule has 1 heterocycles. The number of amides is 1. The summed E-state index contributed by atoms with van der Waals surface area (Å²) in [5.74, 6) is 0.207. The quantitative estimate of drug-likeness (QED) is 0.663. The Labute approximate surface area is 110 Å². The molecular weight excluding hydrogens is 250 g/mol. The molecule has 0 bridgehead atoms. The fourth-order valence-electron chi connectivity index (χ4n) is 1.66. The molecule has 4 nitrogen and oxygen atoms in total. The van der Waals surface area contributed by atoms with E-state index >= 15 is 0 Å². The van der Waals surface area contributed by atoms with Crippen LogP contribution in [0.1, 0.15) is 13.3 Å². The van der Waals surface area contributed by atoms with E-state index in [0.717, 1.165) is 10.6 Å². The van der Waals surface area contributed by atoms with E-state index < -0.39 is 12.1 Å². The van der Waals surface area contributed by atoms with Crippen LogP contribution >= 0.6 is 11.8 Å². The van der Waals surface area contributed by atoms with Crippen molar-refractivity contribution in [3.8, 4) is 0 Å². The van der Waals surface area contributed by atoms with Gasteiger partial charge in [0.2, 0.25) is 0 Å². The molecule has 1 aromatic carbocycles. The predicted molar refractivity (Wildman–Crippen MR) is 69.3 cm³/mol. The summed E-state index contributed by atoms with van der Waals surface area (Å²) in [5, 5.41) is 2.68. The van der Waals surface area contributed by atoms with Gasteiger partial charge in [-0.3, -0.25) is 4.79 Å². The van der Waals surface area contributed by atoms with Crippen molar-refractivity contribution in [2.45, 2.75) is 30.4 Å². The van der Waals surface area contributed by atoms with E-state index in [2.05, 4.69) is 5.32 Å². The Morgan fingerprint density at radius 1 is 1.28 bits per heavy atom. The van der Waals surface area contributed by atoms with Gasteiger partial charge in [0.05, 0.1) is 0 Å². The van der Waals surface area contributed by atoms with Crippen LogP contribution in [0.2, 0.25) is 0 Å². The molecule has 1 aliphatic heterocycles. The Hall–Kier alpha value is -1.49. The van der Waals surface area contributed by atoms with Crippen LogP contribution in [0.3, 0.4) is 0 Å². The number of benzene rings is 1. The van der Waals surface area contributed by atoms with Gasteiger partial charge in [0, 0.05) is 10.6 Å². The Balaban J connectivity index is 1.80. The third-order valence-corrected chi connectivity index (χ3v) is 3.73. The van der Waals surface area contributed by atoms with Gasteiger partial charge in [0.15, 0.2) is 6.10 Å². The summed E-state index contributed by atoms with van der Waals surface area (Å²) in [4.78, 5) is 24.1.